The van der Waals surface area contributed by atoms with Gasteiger partial charge in [0.15, 0.2) is 0 Å². The highest BCUT2D eigenvalue weighted by Gasteiger charge is 2.23. The number of benzene rings is 1. The molecule has 9 heteroatoms. The van der Waals surface area contributed by atoms with Crippen molar-refractivity contribution in [2.75, 3.05) is 25.1 Å². The van der Waals surface area contributed by atoms with Gasteiger partial charge in [-0.15, -0.1) is 0 Å². The van der Waals surface area contributed by atoms with Crippen molar-refractivity contribution in [3.8, 4) is 11.6 Å². The lowest BCUT2D eigenvalue weighted by Gasteiger charge is -2.35. The van der Waals surface area contributed by atoms with Crippen LogP contribution in [0.1, 0.15) is 29.0 Å². The number of aromatic nitrogens is 3. The van der Waals surface area contributed by atoms with Gasteiger partial charge in [-0.05, 0) is 50.1 Å². The molecule has 1 saturated heterocycles. The normalized spacial score (nSPS) is 16.3. The Kier molecular flexibility index (Phi) is 6.34. The van der Waals surface area contributed by atoms with Gasteiger partial charge in [0, 0.05) is 41.1 Å². The number of carbonyl (C=O) groups excluding carboxylic acids is 1. The number of rotatable bonds is 5. The first-order valence-corrected chi connectivity index (χ1v) is 10.8. The summed E-state index contributed by atoms with van der Waals surface area (Å²) >= 11 is 12.3. The van der Waals surface area contributed by atoms with Crippen LogP contribution in [0.2, 0.25) is 10.0 Å². The lowest BCUT2D eigenvalue weighted by Crippen LogP contribution is -2.48. The van der Waals surface area contributed by atoms with Crippen LogP contribution in [-0.2, 0) is 0 Å². The summed E-state index contributed by atoms with van der Waals surface area (Å²) in [5.41, 5.74) is 2.87. The third-order valence-corrected chi connectivity index (χ3v) is 5.66. The Bertz CT molecular complexity index is 1080. The van der Waals surface area contributed by atoms with Crippen molar-refractivity contribution in [2.24, 2.45) is 0 Å². The van der Waals surface area contributed by atoms with Gasteiger partial charge in [-0.2, -0.15) is 0 Å². The van der Waals surface area contributed by atoms with Gasteiger partial charge in [0.05, 0.1) is 19.1 Å². The van der Waals surface area contributed by atoms with Gasteiger partial charge in [-0.25, -0.2) is 9.97 Å². The van der Waals surface area contributed by atoms with Crippen molar-refractivity contribution in [3.05, 3.63) is 64.3 Å². The van der Waals surface area contributed by atoms with Crippen molar-refractivity contribution in [2.45, 2.75) is 25.8 Å². The molecule has 1 unspecified atom stereocenters. The standard InChI is InChI=1S/C22H23Cl2N5O2/c1-14-11-29(13-25-14)20-6-5-19(27-22(20)31-2)21(30)26-17-4-3-7-28(12-17)18-9-15(23)8-16(24)10-18/h5-6,8-11,13,17H,3-4,7,12H2,1-2H3,(H,26,30). The molecule has 7 nitrogen and oxygen atoms in total. The number of methoxy groups -OCH3 is 1. The second-order valence-electron chi connectivity index (χ2n) is 7.53. The van der Waals surface area contributed by atoms with Crippen LogP contribution in [0.25, 0.3) is 5.69 Å². The molecule has 0 radical (unpaired) electrons. The molecular weight excluding hydrogens is 437 g/mol. The van der Waals surface area contributed by atoms with E-state index in [1.807, 2.05) is 35.9 Å². The van der Waals surface area contributed by atoms with Crippen LogP contribution in [-0.4, -0.2) is 46.7 Å². The molecule has 162 valence electrons. The number of aryl methyl sites for hydroxylation is 1. The summed E-state index contributed by atoms with van der Waals surface area (Å²) in [5.74, 6) is 0.131. The minimum Gasteiger partial charge on any atom is -0.479 e. The lowest BCUT2D eigenvalue weighted by atomic mass is 10.0. The van der Waals surface area contributed by atoms with Crippen LogP contribution in [0.15, 0.2) is 42.9 Å². The fourth-order valence-corrected chi connectivity index (χ4v) is 4.28. The molecule has 1 aromatic carbocycles. The van der Waals surface area contributed by atoms with Crippen molar-refractivity contribution in [3.63, 3.8) is 0 Å². The Morgan fingerprint density at radius 3 is 2.68 bits per heavy atom. The minimum atomic E-state index is -0.234. The predicted molar refractivity (Wildman–Crippen MR) is 122 cm³/mol. The van der Waals surface area contributed by atoms with E-state index in [9.17, 15) is 4.79 Å². The summed E-state index contributed by atoms with van der Waals surface area (Å²) in [6.45, 7) is 3.46. The summed E-state index contributed by atoms with van der Waals surface area (Å²) in [6, 6.07) is 8.98. The molecule has 1 amide bonds. The molecule has 1 aliphatic rings. The molecule has 3 heterocycles. The first-order chi connectivity index (χ1) is 14.9. The number of halogens is 2. The van der Waals surface area contributed by atoms with Crippen molar-refractivity contribution >= 4 is 34.8 Å². The average molecular weight is 460 g/mol. The SMILES string of the molecule is COc1nc(C(=O)NC2CCCN(c3cc(Cl)cc(Cl)c3)C2)ccc1-n1cnc(C)c1. The summed E-state index contributed by atoms with van der Waals surface area (Å²) in [6.07, 6.45) is 5.40. The molecule has 0 aliphatic carbocycles. The number of ether oxygens (including phenoxy) is 1. The molecule has 1 atom stereocenters. The number of carbonyl (C=O) groups is 1. The molecule has 0 bridgehead atoms. The van der Waals surface area contributed by atoms with E-state index >= 15 is 0 Å². The van der Waals surface area contributed by atoms with Crippen LogP contribution < -0.4 is 15.0 Å². The first-order valence-electron chi connectivity index (χ1n) is 10.0. The molecule has 1 N–H and O–H groups in total. The number of hydrogen-bond donors (Lipinski definition) is 1. The van der Waals surface area contributed by atoms with E-state index in [4.69, 9.17) is 27.9 Å². The van der Waals surface area contributed by atoms with Crippen molar-refractivity contribution in [1.29, 1.82) is 0 Å². The van der Waals surface area contributed by atoms with Gasteiger partial charge in [-0.3, -0.25) is 4.79 Å². The fraction of sp³-hybridized carbons (Fsp3) is 0.318. The maximum Gasteiger partial charge on any atom is 0.270 e. The number of anilines is 1. The van der Waals surface area contributed by atoms with Crippen LogP contribution in [0, 0.1) is 6.92 Å². The molecule has 1 fully saturated rings. The highest BCUT2D eigenvalue weighted by Crippen LogP contribution is 2.28. The molecule has 0 spiro atoms. The number of hydrogen-bond acceptors (Lipinski definition) is 5. The number of pyridine rings is 1. The monoisotopic (exact) mass is 459 g/mol. The number of piperidine rings is 1. The lowest BCUT2D eigenvalue weighted by molar-refractivity contribution is 0.0927. The smallest absolute Gasteiger partial charge is 0.270 e. The van der Waals surface area contributed by atoms with Crippen LogP contribution in [0.5, 0.6) is 5.88 Å². The quantitative estimate of drug-likeness (QED) is 0.615. The summed E-state index contributed by atoms with van der Waals surface area (Å²) < 4.78 is 7.23. The molecule has 1 aliphatic heterocycles. The van der Waals surface area contributed by atoms with Gasteiger partial charge in [0.1, 0.15) is 11.4 Å². The largest absolute Gasteiger partial charge is 0.479 e. The third kappa shape index (κ3) is 4.94. The number of nitrogens with one attached hydrogen (secondary N) is 1. The predicted octanol–water partition coefficient (Wildman–Crippen LogP) is 4.29. The Hall–Kier alpha value is -2.77. The van der Waals surface area contributed by atoms with Crippen LogP contribution in [0.4, 0.5) is 5.69 Å². The van der Waals surface area contributed by atoms with E-state index in [0.29, 0.717) is 28.2 Å². The van der Waals surface area contributed by atoms with Gasteiger partial charge in [-0.1, -0.05) is 23.2 Å². The second-order valence-corrected chi connectivity index (χ2v) is 8.41. The summed E-state index contributed by atoms with van der Waals surface area (Å²) in [7, 11) is 1.53. The maximum absolute atomic E-state index is 12.9. The summed E-state index contributed by atoms with van der Waals surface area (Å²) in [4.78, 5) is 23.7. The summed E-state index contributed by atoms with van der Waals surface area (Å²) in [5, 5.41) is 4.29. The number of nitrogens with zero attached hydrogens (tertiary/aromatic N) is 4. The highest BCUT2D eigenvalue weighted by molar-refractivity contribution is 6.35. The van der Waals surface area contributed by atoms with Gasteiger partial charge >= 0.3 is 0 Å². The Labute approximate surface area is 191 Å². The Morgan fingerprint density at radius 1 is 1.23 bits per heavy atom. The topological polar surface area (TPSA) is 72.3 Å². The Balaban J connectivity index is 1.47. The molecule has 3 aromatic rings. The van der Waals surface area contributed by atoms with Crippen LogP contribution in [0.3, 0.4) is 0 Å². The van der Waals surface area contributed by atoms with Crippen LogP contribution >= 0.6 is 23.2 Å². The average Bonchev–Trinajstić information content (AvgIpc) is 3.19. The molecule has 0 saturated carbocycles. The van der Waals surface area contributed by atoms with E-state index in [0.717, 1.165) is 36.5 Å². The zero-order valence-electron chi connectivity index (χ0n) is 17.3. The first kappa shape index (κ1) is 21.5. The van der Waals surface area contributed by atoms with Gasteiger partial charge in [0.25, 0.3) is 5.91 Å². The Morgan fingerprint density at radius 2 is 2.00 bits per heavy atom. The molecule has 4 rings (SSSR count). The fourth-order valence-electron chi connectivity index (χ4n) is 3.77. The molecule has 2 aromatic heterocycles. The van der Waals surface area contributed by atoms with Crippen molar-refractivity contribution < 1.29 is 9.53 Å². The zero-order chi connectivity index (χ0) is 22.0. The van der Waals surface area contributed by atoms with Gasteiger partial charge in [0.2, 0.25) is 5.88 Å². The number of amides is 1. The molecule has 31 heavy (non-hydrogen) atoms. The maximum atomic E-state index is 12.9. The second kappa shape index (κ2) is 9.16. The minimum absolute atomic E-state index is 0.0113. The highest BCUT2D eigenvalue weighted by atomic mass is 35.5. The van der Waals surface area contributed by atoms with E-state index < -0.39 is 0 Å². The number of imidazole rings is 1. The van der Waals surface area contributed by atoms with E-state index in [1.165, 1.54) is 7.11 Å². The third-order valence-electron chi connectivity index (χ3n) is 5.23. The van der Waals surface area contributed by atoms with Crippen molar-refractivity contribution in [1.82, 2.24) is 19.9 Å². The zero-order valence-corrected chi connectivity index (χ0v) is 18.8. The van der Waals surface area contributed by atoms with Gasteiger partial charge < -0.3 is 19.5 Å². The van der Waals surface area contributed by atoms with E-state index in [-0.39, 0.29) is 11.9 Å². The van der Waals surface area contributed by atoms with E-state index in [2.05, 4.69) is 20.2 Å². The molecular formula is C22H23Cl2N5O2. The van der Waals surface area contributed by atoms with E-state index in [1.54, 1.807) is 18.5 Å².